The van der Waals surface area contributed by atoms with Gasteiger partial charge < -0.3 is 14.0 Å². The molecule has 0 aliphatic carbocycles. The predicted molar refractivity (Wildman–Crippen MR) is 72.4 cm³/mol. The molecular formula is C15H14F3NO4. The van der Waals surface area contributed by atoms with Gasteiger partial charge in [0.1, 0.15) is 6.26 Å². The van der Waals surface area contributed by atoms with Gasteiger partial charge in [0.15, 0.2) is 5.69 Å². The quantitative estimate of drug-likeness (QED) is 0.758. The van der Waals surface area contributed by atoms with Crippen LogP contribution in [0.5, 0.6) is 0 Å². The summed E-state index contributed by atoms with van der Waals surface area (Å²) in [5.74, 6) is -0.616. The Labute approximate surface area is 130 Å². The lowest BCUT2D eigenvalue weighted by molar-refractivity contribution is -0.137. The van der Waals surface area contributed by atoms with Gasteiger partial charge in [-0.3, -0.25) is 0 Å². The predicted octanol–water partition coefficient (Wildman–Crippen LogP) is 3.59. The summed E-state index contributed by atoms with van der Waals surface area (Å²) in [6.07, 6.45) is -3.10. The molecule has 0 saturated carbocycles. The molecule has 0 unspecified atom stereocenters. The van der Waals surface area contributed by atoms with Crippen molar-refractivity contribution in [2.45, 2.75) is 26.3 Å². The number of ether oxygens (including phenoxy) is 2. The Bertz CT molecular complexity index is 649. The van der Waals surface area contributed by atoms with Gasteiger partial charge in [-0.05, 0) is 24.6 Å². The molecule has 0 bridgehead atoms. The lowest BCUT2D eigenvalue weighted by Crippen LogP contribution is -2.08. The number of benzene rings is 1. The summed E-state index contributed by atoms with van der Waals surface area (Å²) in [6, 6.07) is 4.65. The second-order valence-electron chi connectivity index (χ2n) is 4.60. The Morgan fingerprint density at radius 2 is 1.91 bits per heavy atom. The first-order valence-electron chi connectivity index (χ1n) is 6.76. The third kappa shape index (κ3) is 4.56. The molecule has 0 spiro atoms. The van der Waals surface area contributed by atoms with Crippen LogP contribution in [0.1, 0.15) is 34.1 Å². The van der Waals surface area contributed by atoms with Gasteiger partial charge >= 0.3 is 12.1 Å². The van der Waals surface area contributed by atoms with Crippen molar-refractivity contribution in [1.29, 1.82) is 0 Å². The summed E-state index contributed by atoms with van der Waals surface area (Å²) in [5.41, 5.74) is 0.298. The van der Waals surface area contributed by atoms with Crippen molar-refractivity contribution < 1.29 is 32.0 Å². The van der Waals surface area contributed by atoms with Gasteiger partial charge in [-0.25, -0.2) is 4.79 Å². The minimum absolute atomic E-state index is 0.0265. The van der Waals surface area contributed by atoms with Crippen LogP contribution in [0.25, 0.3) is 0 Å². The summed E-state index contributed by atoms with van der Waals surface area (Å²) in [4.78, 5) is 11.6. The van der Waals surface area contributed by atoms with Gasteiger partial charge in [0.2, 0.25) is 0 Å². The topological polar surface area (TPSA) is 61.6 Å². The number of rotatable bonds is 6. The van der Waals surface area contributed by atoms with Crippen molar-refractivity contribution in [2.24, 2.45) is 0 Å². The largest absolute Gasteiger partial charge is 0.461 e. The molecule has 2 rings (SSSR count). The molecule has 8 heteroatoms. The van der Waals surface area contributed by atoms with Gasteiger partial charge in [0.05, 0.1) is 30.9 Å². The fourth-order valence-corrected chi connectivity index (χ4v) is 1.80. The van der Waals surface area contributed by atoms with Crippen LogP contribution in [0.4, 0.5) is 13.2 Å². The van der Waals surface area contributed by atoms with Crippen LogP contribution in [0.3, 0.4) is 0 Å². The second kappa shape index (κ2) is 7.28. The lowest BCUT2D eigenvalue weighted by atomic mass is 10.1. The molecule has 1 aromatic heterocycles. The molecule has 0 aliphatic heterocycles. The van der Waals surface area contributed by atoms with E-state index in [-0.39, 0.29) is 25.5 Å². The van der Waals surface area contributed by atoms with Gasteiger partial charge in [-0.15, -0.1) is 0 Å². The summed E-state index contributed by atoms with van der Waals surface area (Å²) in [7, 11) is 0. The fraction of sp³-hybridized carbons (Fsp3) is 0.333. The molecule has 0 amide bonds. The van der Waals surface area contributed by atoms with Crippen molar-refractivity contribution in [2.75, 3.05) is 6.61 Å². The average molecular weight is 329 g/mol. The Morgan fingerprint density at radius 3 is 2.52 bits per heavy atom. The highest BCUT2D eigenvalue weighted by atomic mass is 19.4. The standard InChI is InChI=1S/C15H14F3NO4/c1-2-22-14(20)13-11(9-23-19-13)8-21-7-10-3-5-12(6-4-10)15(16,17)18/h3-6,9H,2,7-8H2,1H3. The van der Waals surface area contributed by atoms with Gasteiger partial charge in [0, 0.05) is 0 Å². The molecule has 1 aromatic carbocycles. The van der Waals surface area contributed by atoms with Crippen LogP contribution in [0, 0.1) is 0 Å². The molecule has 0 fully saturated rings. The molecule has 0 saturated heterocycles. The Morgan fingerprint density at radius 1 is 1.22 bits per heavy atom. The van der Waals surface area contributed by atoms with E-state index in [1.165, 1.54) is 18.4 Å². The molecule has 124 valence electrons. The van der Waals surface area contributed by atoms with Crippen LogP contribution < -0.4 is 0 Å². The minimum atomic E-state index is -4.36. The minimum Gasteiger partial charge on any atom is -0.461 e. The van der Waals surface area contributed by atoms with Gasteiger partial charge in [-0.1, -0.05) is 17.3 Å². The zero-order valence-corrected chi connectivity index (χ0v) is 12.2. The normalized spacial score (nSPS) is 11.5. The van der Waals surface area contributed by atoms with E-state index >= 15 is 0 Å². The van der Waals surface area contributed by atoms with E-state index in [1.807, 2.05) is 0 Å². The molecule has 2 aromatic rings. The zero-order valence-electron chi connectivity index (χ0n) is 12.2. The average Bonchev–Trinajstić information content (AvgIpc) is 2.96. The maximum absolute atomic E-state index is 12.4. The number of hydrogen-bond acceptors (Lipinski definition) is 5. The monoisotopic (exact) mass is 329 g/mol. The number of carbonyl (C=O) groups is 1. The molecule has 5 nitrogen and oxygen atoms in total. The Balaban J connectivity index is 1.91. The van der Waals surface area contributed by atoms with Crippen LogP contribution >= 0.6 is 0 Å². The van der Waals surface area contributed by atoms with Crippen LogP contribution in [0.15, 0.2) is 35.1 Å². The Kier molecular flexibility index (Phi) is 5.38. The number of carbonyl (C=O) groups excluding carboxylic acids is 1. The van der Waals surface area contributed by atoms with Gasteiger partial charge in [-0.2, -0.15) is 13.2 Å². The number of halogens is 3. The number of alkyl halides is 3. The highest BCUT2D eigenvalue weighted by Crippen LogP contribution is 2.29. The third-order valence-corrected chi connectivity index (χ3v) is 2.92. The molecule has 0 radical (unpaired) electrons. The van der Waals surface area contributed by atoms with E-state index in [2.05, 4.69) is 5.16 Å². The summed E-state index contributed by atoms with van der Waals surface area (Å²) >= 11 is 0. The third-order valence-electron chi connectivity index (χ3n) is 2.92. The van der Waals surface area contributed by atoms with Gasteiger partial charge in [0.25, 0.3) is 0 Å². The van der Waals surface area contributed by atoms with Crippen molar-refractivity contribution in [1.82, 2.24) is 5.16 Å². The highest BCUT2D eigenvalue weighted by Gasteiger charge is 2.29. The second-order valence-corrected chi connectivity index (χ2v) is 4.60. The fourth-order valence-electron chi connectivity index (χ4n) is 1.80. The maximum Gasteiger partial charge on any atom is 0.416 e. The van der Waals surface area contributed by atoms with E-state index in [4.69, 9.17) is 14.0 Å². The summed E-state index contributed by atoms with van der Waals surface area (Å²) < 4.78 is 52.2. The molecule has 0 N–H and O–H groups in total. The Hall–Kier alpha value is -2.35. The summed E-state index contributed by atoms with van der Waals surface area (Å²) in [5, 5.41) is 3.54. The zero-order chi connectivity index (χ0) is 16.9. The maximum atomic E-state index is 12.4. The van der Waals surface area contributed by atoms with E-state index in [9.17, 15) is 18.0 Å². The van der Waals surface area contributed by atoms with E-state index in [1.54, 1.807) is 6.92 Å². The SMILES string of the molecule is CCOC(=O)c1nocc1COCc1ccc(C(F)(F)F)cc1. The smallest absolute Gasteiger partial charge is 0.416 e. The molecule has 0 aliphatic rings. The molecule has 0 atom stereocenters. The van der Waals surface area contributed by atoms with Crippen molar-refractivity contribution in [3.63, 3.8) is 0 Å². The number of esters is 1. The van der Waals surface area contributed by atoms with Crippen LogP contribution in [-0.2, 0) is 28.9 Å². The lowest BCUT2D eigenvalue weighted by Gasteiger charge is -2.08. The van der Waals surface area contributed by atoms with Crippen molar-refractivity contribution in [3.8, 4) is 0 Å². The van der Waals surface area contributed by atoms with Crippen LogP contribution in [0.2, 0.25) is 0 Å². The van der Waals surface area contributed by atoms with Crippen LogP contribution in [-0.4, -0.2) is 17.7 Å². The first-order chi connectivity index (χ1) is 10.9. The van der Waals surface area contributed by atoms with E-state index in [0.717, 1.165) is 12.1 Å². The highest BCUT2D eigenvalue weighted by molar-refractivity contribution is 5.88. The first-order valence-corrected chi connectivity index (χ1v) is 6.76. The molecular weight excluding hydrogens is 315 g/mol. The summed E-state index contributed by atoms with van der Waals surface area (Å²) in [6.45, 7) is 1.99. The molecule has 1 heterocycles. The van der Waals surface area contributed by atoms with Crippen molar-refractivity contribution in [3.05, 3.63) is 52.9 Å². The van der Waals surface area contributed by atoms with Crippen molar-refractivity contribution >= 4 is 5.97 Å². The van der Waals surface area contributed by atoms with E-state index in [0.29, 0.717) is 11.1 Å². The first kappa shape index (κ1) is 17.0. The number of hydrogen-bond donors (Lipinski definition) is 0. The molecule has 23 heavy (non-hydrogen) atoms. The number of aromatic nitrogens is 1. The van der Waals surface area contributed by atoms with E-state index < -0.39 is 17.7 Å². The number of nitrogens with zero attached hydrogens (tertiary/aromatic N) is 1.